The molecule has 10 heteroatoms. The van der Waals surface area contributed by atoms with E-state index in [1.807, 2.05) is 0 Å². The highest BCUT2D eigenvalue weighted by Crippen LogP contribution is 2.45. The molecule has 1 amide bonds. The number of hydrogen-bond acceptors (Lipinski definition) is 5. The van der Waals surface area contributed by atoms with E-state index in [-0.39, 0.29) is 37.4 Å². The fourth-order valence-electron chi connectivity index (χ4n) is 4.49. The topological polar surface area (TPSA) is 82.8 Å². The molecule has 0 radical (unpaired) electrons. The van der Waals surface area contributed by atoms with E-state index < -0.39 is 28.9 Å². The normalized spacial score (nSPS) is 16.4. The first-order valence-corrected chi connectivity index (χ1v) is 10.9. The zero-order valence-corrected chi connectivity index (χ0v) is 18.8. The van der Waals surface area contributed by atoms with E-state index in [9.17, 15) is 27.6 Å². The summed E-state index contributed by atoms with van der Waals surface area (Å²) >= 11 is 0. The van der Waals surface area contributed by atoms with Crippen LogP contribution in [0.15, 0.2) is 55.1 Å². The second-order valence-electron chi connectivity index (χ2n) is 8.51. The summed E-state index contributed by atoms with van der Waals surface area (Å²) in [4.78, 5) is 27.3. The summed E-state index contributed by atoms with van der Waals surface area (Å²) in [5, 5.41) is 10.0. The summed E-state index contributed by atoms with van der Waals surface area (Å²) < 4.78 is 53.4. The van der Waals surface area contributed by atoms with Crippen LogP contribution in [0.4, 0.5) is 17.6 Å². The van der Waals surface area contributed by atoms with Crippen molar-refractivity contribution in [3.8, 4) is 17.5 Å². The third-order valence-corrected chi connectivity index (χ3v) is 6.65. The Morgan fingerprint density at radius 1 is 1.14 bits per heavy atom. The van der Waals surface area contributed by atoms with Crippen molar-refractivity contribution in [3.63, 3.8) is 0 Å². The Bertz CT molecular complexity index is 1260. The summed E-state index contributed by atoms with van der Waals surface area (Å²) in [7, 11) is 0. The lowest BCUT2D eigenvalue weighted by molar-refractivity contribution is -0.137. The molecule has 4 rings (SSSR count). The minimum absolute atomic E-state index is 0.0534. The van der Waals surface area contributed by atoms with Gasteiger partial charge in [0.25, 0.3) is 5.91 Å². The number of pyridine rings is 1. The number of rotatable bonds is 4. The van der Waals surface area contributed by atoms with Crippen molar-refractivity contribution in [1.82, 2.24) is 19.9 Å². The smallest absolute Gasteiger partial charge is 0.338 e. The maximum absolute atomic E-state index is 14.6. The number of hydrogen-bond donors (Lipinski definition) is 0. The lowest BCUT2D eigenvalue weighted by Crippen LogP contribution is -2.44. The predicted octanol–water partition coefficient (Wildman–Crippen LogP) is 5.25. The first-order valence-electron chi connectivity index (χ1n) is 10.9. The van der Waals surface area contributed by atoms with E-state index in [0.717, 1.165) is 12.1 Å². The van der Waals surface area contributed by atoms with Gasteiger partial charge in [-0.2, -0.15) is 18.4 Å². The number of likely N-dealkylation sites (tertiary alicyclic amines) is 1. The van der Waals surface area contributed by atoms with Gasteiger partial charge >= 0.3 is 6.18 Å². The van der Waals surface area contributed by atoms with Gasteiger partial charge < -0.3 is 4.90 Å². The van der Waals surface area contributed by atoms with Crippen LogP contribution < -0.4 is 0 Å². The Morgan fingerprint density at radius 3 is 2.49 bits per heavy atom. The molecule has 6 nitrogen and oxygen atoms in total. The van der Waals surface area contributed by atoms with Crippen molar-refractivity contribution in [2.24, 2.45) is 5.41 Å². The van der Waals surface area contributed by atoms with Gasteiger partial charge in [0.05, 0.1) is 28.3 Å². The van der Waals surface area contributed by atoms with Crippen LogP contribution in [-0.2, 0) is 6.18 Å². The number of benzene rings is 1. The maximum atomic E-state index is 14.6. The van der Waals surface area contributed by atoms with Crippen LogP contribution in [0.3, 0.4) is 0 Å². The van der Waals surface area contributed by atoms with Crippen LogP contribution in [0.1, 0.15) is 47.2 Å². The van der Waals surface area contributed by atoms with Gasteiger partial charge in [0.15, 0.2) is 0 Å². The molecule has 0 bridgehead atoms. The summed E-state index contributed by atoms with van der Waals surface area (Å²) in [6.45, 7) is 2.11. The third-order valence-electron chi connectivity index (χ3n) is 6.65. The van der Waals surface area contributed by atoms with Gasteiger partial charge in [-0.15, -0.1) is 0 Å². The maximum Gasteiger partial charge on any atom is 0.416 e. The largest absolute Gasteiger partial charge is 0.416 e. The van der Waals surface area contributed by atoms with E-state index >= 15 is 0 Å². The molecule has 2 aromatic heterocycles. The molecule has 1 fully saturated rings. The zero-order valence-electron chi connectivity index (χ0n) is 18.8. The van der Waals surface area contributed by atoms with Crippen LogP contribution in [0.25, 0.3) is 11.4 Å². The summed E-state index contributed by atoms with van der Waals surface area (Å²) in [5.74, 6) is -1.93. The first-order chi connectivity index (χ1) is 16.7. The van der Waals surface area contributed by atoms with Gasteiger partial charge in [0.2, 0.25) is 0 Å². The summed E-state index contributed by atoms with van der Waals surface area (Å²) in [6.07, 6.45) is 0.320. The van der Waals surface area contributed by atoms with Gasteiger partial charge in [-0.25, -0.2) is 14.4 Å². The average molecular weight is 483 g/mol. The highest BCUT2D eigenvalue weighted by atomic mass is 19.4. The monoisotopic (exact) mass is 483 g/mol. The van der Waals surface area contributed by atoms with Crippen molar-refractivity contribution >= 4 is 5.91 Å². The quantitative estimate of drug-likeness (QED) is 0.474. The highest BCUT2D eigenvalue weighted by molar-refractivity contribution is 5.99. The number of carbonyl (C=O) groups is 1. The molecule has 0 saturated carbocycles. The number of piperidine rings is 1. The Kier molecular flexibility index (Phi) is 6.52. The van der Waals surface area contributed by atoms with E-state index in [1.165, 1.54) is 6.33 Å². The first kappa shape index (κ1) is 24.3. The Labute approximate surface area is 199 Å². The van der Waals surface area contributed by atoms with Crippen LogP contribution in [0.2, 0.25) is 0 Å². The van der Waals surface area contributed by atoms with Gasteiger partial charge in [0, 0.05) is 31.4 Å². The van der Waals surface area contributed by atoms with Crippen molar-refractivity contribution in [2.45, 2.75) is 31.9 Å². The van der Waals surface area contributed by atoms with E-state index in [0.29, 0.717) is 23.0 Å². The molecule has 3 aromatic rings. The molecule has 0 spiro atoms. The Balaban J connectivity index is 1.54. The molecule has 3 heterocycles. The molecule has 1 saturated heterocycles. The predicted molar refractivity (Wildman–Crippen MR) is 118 cm³/mol. The van der Waals surface area contributed by atoms with Crippen LogP contribution >= 0.6 is 0 Å². The van der Waals surface area contributed by atoms with Crippen molar-refractivity contribution < 1.29 is 22.4 Å². The van der Waals surface area contributed by atoms with Gasteiger partial charge in [-0.3, -0.25) is 9.78 Å². The number of amides is 1. The third kappa shape index (κ3) is 4.71. The number of halogens is 4. The van der Waals surface area contributed by atoms with E-state index in [4.69, 9.17) is 0 Å². The lowest BCUT2D eigenvalue weighted by atomic mass is 9.67. The number of alkyl halides is 3. The Hall–Kier alpha value is -3.87. The molecule has 1 unspecified atom stereocenters. The second-order valence-corrected chi connectivity index (χ2v) is 8.51. The van der Waals surface area contributed by atoms with Gasteiger partial charge in [-0.05, 0) is 48.7 Å². The molecule has 180 valence electrons. The molecule has 1 aromatic carbocycles. The molecular weight excluding hydrogens is 462 g/mol. The van der Waals surface area contributed by atoms with Crippen LogP contribution in [0, 0.1) is 22.6 Å². The molecular formula is C25H21F4N5O. The number of aromatic nitrogens is 3. The van der Waals surface area contributed by atoms with Gasteiger partial charge in [0.1, 0.15) is 17.8 Å². The Morgan fingerprint density at radius 2 is 1.89 bits per heavy atom. The van der Waals surface area contributed by atoms with E-state index in [1.54, 1.807) is 42.4 Å². The summed E-state index contributed by atoms with van der Waals surface area (Å²) in [5.41, 5.74) is -0.777. The van der Waals surface area contributed by atoms with Gasteiger partial charge in [-0.1, -0.05) is 13.0 Å². The lowest BCUT2D eigenvalue weighted by Gasteiger charge is -2.41. The minimum atomic E-state index is -4.65. The molecule has 1 aliphatic rings. The van der Waals surface area contributed by atoms with Crippen LogP contribution in [-0.4, -0.2) is 38.8 Å². The average Bonchev–Trinajstić information content (AvgIpc) is 2.88. The fraction of sp³-hybridized carbons (Fsp3) is 0.320. The minimum Gasteiger partial charge on any atom is -0.338 e. The van der Waals surface area contributed by atoms with Crippen molar-refractivity contribution in [2.75, 3.05) is 13.1 Å². The molecule has 1 atom stereocenters. The standard InChI is InChI=1S/C25H21F4N5O/c1-16(18-5-4-17(13-20(18)26)25(27,28)29)24(14-30)7-11-34(12-8-24)23(35)19-3-2-9-32-22(19)21-6-10-31-15-33-21/h2-6,9-10,13,15-16H,7-8,11-12H2,1H3. The molecule has 1 aliphatic heterocycles. The fourth-order valence-corrected chi connectivity index (χ4v) is 4.49. The van der Waals surface area contributed by atoms with E-state index in [2.05, 4.69) is 21.0 Å². The van der Waals surface area contributed by atoms with Crippen LogP contribution in [0.5, 0.6) is 0 Å². The van der Waals surface area contributed by atoms with Crippen molar-refractivity contribution in [1.29, 1.82) is 5.26 Å². The molecule has 0 aliphatic carbocycles. The zero-order chi connectivity index (χ0) is 25.2. The second kappa shape index (κ2) is 9.41. The SMILES string of the molecule is CC(c1ccc(C(F)(F)F)cc1F)C1(C#N)CCN(C(=O)c2cccnc2-c2ccncn2)CC1. The molecule has 0 N–H and O–H groups in total. The number of nitriles is 1. The number of carbonyl (C=O) groups excluding carboxylic acids is 1. The molecule has 35 heavy (non-hydrogen) atoms. The number of nitrogens with zero attached hydrogens (tertiary/aromatic N) is 5. The summed E-state index contributed by atoms with van der Waals surface area (Å²) in [6, 6.07) is 9.61. The highest BCUT2D eigenvalue weighted by Gasteiger charge is 2.43. The van der Waals surface area contributed by atoms with Crippen molar-refractivity contribution in [3.05, 3.63) is 77.6 Å².